The van der Waals surface area contributed by atoms with E-state index in [2.05, 4.69) is 16.0 Å². The summed E-state index contributed by atoms with van der Waals surface area (Å²) in [4.78, 5) is 65.0. The van der Waals surface area contributed by atoms with Crippen molar-refractivity contribution in [3.8, 4) is 0 Å². The van der Waals surface area contributed by atoms with Crippen molar-refractivity contribution in [3.63, 3.8) is 0 Å². The third-order valence-corrected chi connectivity index (χ3v) is 9.36. The maximum absolute atomic E-state index is 13.6. The summed E-state index contributed by atoms with van der Waals surface area (Å²) in [5.41, 5.74) is 5.27. The van der Waals surface area contributed by atoms with Gasteiger partial charge in [0.1, 0.15) is 29.9 Å². The van der Waals surface area contributed by atoms with Crippen LogP contribution in [0.15, 0.2) is 48.5 Å². The Morgan fingerprint density at radius 1 is 0.741 bits per heavy atom. The van der Waals surface area contributed by atoms with Crippen LogP contribution in [-0.4, -0.2) is 109 Å². The van der Waals surface area contributed by atoms with Gasteiger partial charge in [-0.1, -0.05) is 39.0 Å². The van der Waals surface area contributed by atoms with Crippen molar-refractivity contribution in [2.75, 3.05) is 32.8 Å². The van der Waals surface area contributed by atoms with E-state index < -0.39 is 85.3 Å². The third kappa shape index (κ3) is 16.7. The van der Waals surface area contributed by atoms with Gasteiger partial charge in [0.2, 0.25) is 17.7 Å². The number of unbranched alkanes of at least 4 members (excludes halogenated alkanes) is 7. The van der Waals surface area contributed by atoms with Crippen LogP contribution >= 0.6 is 0 Å². The fourth-order valence-corrected chi connectivity index (χ4v) is 6.03. The maximum Gasteiger partial charge on any atom is 0.338 e. The minimum Gasteiger partial charge on any atom is -0.452 e. The standard InChI is InChI=1S/C41H58F2N4O11/c1-2-3-7-13-34(50)47-31(38(52)46-24-11-6-8-12-33(49)45-23-10-5-4-9-22-44)26-55-41-37(58-40(54)28-16-20-30(43)21-17-28)36(35(51)32(25-48)56-41)57-39(53)27-14-18-29(42)19-15-27/h14-21,31-32,35-37,41,48,51H,2-13,22-26,44H2,1H3,(H,45,49)(H,46,52)(H,47,50)/t31-,32+,35-,36-,37+,41+/m0/s1. The Morgan fingerprint density at radius 3 is 1.86 bits per heavy atom. The van der Waals surface area contributed by atoms with Crippen LogP contribution in [0.5, 0.6) is 0 Å². The molecule has 0 aliphatic carbocycles. The Morgan fingerprint density at radius 2 is 1.28 bits per heavy atom. The maximum atomic E-state index is 13.6. The fourth-order valence-electron chi connectivity index (χ4n) is 6.03. The lowest BCUT2D eigenvalue weighted by Crippen LogP contribution is -2.62. The van der Waals surface area contributed by atoms with E-state index in [-0.39, 0.29) is 30.0 Å². The molecule has 0 aromatic heterocycles. The molecule has 2 aromatic rings. The van der Waals surface area contributed by atoms with Crippen molar-refractivity contribution < 1.29 is 61.9 Å². The molecule has 0 bridgehead atoms. The highest BCUT2D eigenvalue weighted by Crippen LogP contribution is 2.29. The number of carbonyl (C=O) groups excluding carboxylic acids is 5. The predicted molar refractivity (Wildman–Crippen MR) is 207 cm³/mol. The molecule has 1 aliphatic heterocycles. The topological polar surface area (TPSA) is 225 Å². The number of rotatable bonds is 26. The number of amides is 3. The van der Waals surface area contributed by atoms with Crippen molar-refractivity contribution in [1.82, 2.24) is 16.0 Å². The highest BCUT2D eigenvalue weighted by Gasteiger charge is 2.50. The zero-order valence-corrected chi connectivity index (χ0v) is 33.0. The Bertz CT molecular complexity index is 1570. The molecule has 0 spiro atoms. The molecule has 0 radical (unpaired) electrons. The molecule has 1 fully saturated rings. The van der Waals surface area contributed by atoms with Crippen molar-refractivity contribution in [1.29, 1.82) is 0 Å². The lowest BCUT2D eigenvalue weighted by Gasteiger charge is -2.43. The van der Waals surface area contributed by atoms with Crippen molar-refractivity contribution in [3.05, 3.63) is 71.3 Å². The van der Waals surface area contributed by atoms with Gasteiger partial charge < -0.3 is 50.8 Å². The van der Waals surface area contributed by atoms with Gasteiger partial charge in [-0.25, -0.2) is 18.4 Å². The minimum absolute atomic E-state index is 0.0409. The summed E-state index contributed by atoms with van der Waals surface area (Å²) in [5.74, 6) is -4.43. The summed E-state index contributed by atoms with van der Waals surface area (Å²) in [6.45, 7) is 2.11. The van der Waals surface area contributed by atoms with E-state index in [0.717, 1.165) is 87.1 Å². The number of hydrogen-bond acceptors (Lipinski definition) is 12. The van der Waals surface area contributed by atoms with Crippen molar-refractivity contribution in [2.45, 2.75) is 121 Å². The zero-order chi connectivity index (χ0) is 42.3. The van der Waals surface area contributed by atoms with Crippen LogP contribution in [0.2, 0.25) is 0 Å². The molecular formula is C41H58F2N4O11. The number of nitrogens with one attached hydrogen (secondary N) is 3. The number of benzene rings is 2. The van der Waals surface area contributed by atoms with Gasteiger partial charge >= 0.3 is 11.9 Å². The second-order valence-electron chi connectivity index (χ2n) is 14.0. The van der Waals surface area contributed by atoms with E-state index in [0.29, 0.717) is 45.2 Å². The summed E-state index contributed by atoms with van der Waals surface area (Å²) in [6.07, 6.45) is -0.0200. The molecule has 7 N–H and O–H groups in total. The Kier molecular flexibility index (Phi) is 21.8. The first-order valence-corrected chi connectivity index (χ1v) is 20.0. The first-order chi connectivity index (χ1) is 28.0. The third-order valence-electron chi connectivity index (χ3n) is 9.36. The van der Waals surface area contributed by atoms with E-state index >= 15 is 0 Å². The normalized spacial score (nSPS) is 19.4. The smallest absolute Gasteiger partial charge is 0.338 e. The van der Waals surface area contributed by atoms with Crippen LogP contribution in [0, 0.1) is 11.6 Å². The molecule has 1 aliphatic rings. The molecule has 1 heterocycles. The number of esters is 2. The molecule has 6 atom stereocenters. The molecule has 3 amide bonds. The van der Waals surface area contributed by atoms with Gasteiger partial charge in [0.15, 0.2) is 18.5 Å². The summed E-state index contributed by atoms with van der Waals surface area (Å²) in [6, 6.07) is 7.32. The molecule has 58 heavy (non-hydrogen) atoms. The van der Waals surface area contributed by atoms with E-state index in [1.165, 1.54) is 0 Å². The Labute approximate surface area is 337 Å². The number of nitrogens with two attached hydrogens (primary N) is 1. The largest absolute Gasteiger partial charge is 0.452 e. The van der Waals surface area contributed by atoms with Crippen molar-refractivity contribution in [2.24, 2.45) is 5.73 Å². The van der Waals surface area contributed by atoms with Gasteiger partial charge in [-0.3, -0.25) is 14.4 Å². The summed E-state index contributed by atoms with van der Waals surface area (Å²) < 4.78 is 50.2. The minimum atomic E-state index is -1.78. The number of aliphatic hydroxyl groups excluding tert-OH is 2. The van der Waals surface area contributed by atoms with Gasteiger partial charge in [-0.2, -0.15) is 0 Å². The molecule has 2 aromatic carbocycles. The van der Waals surface area contributed by atoms with Gasteiger partial charge in [0.05, 0.1) is 24.3 Å². The number of ether oxygens (including phenoxy) is 4. The Balaban J connectivity index is 1.72. The Hall–Kier alpha value is -4.55. The molecule has 0 unspecified atom stereocenters. The quantitative estimate of drug-likeness (QED) is 0.0595. The lowest BCUT2D eigenvalue weighted by molar-refractivity contribution is -0.299. The van der Waals surface area contributed by atoms with E-state index in [1.54, 1.807) is 0 Å². The second-order valence-corrected chi connectivity index (χ2v) is 14.0. The average molecular weight is 821 g/mol. The first-order valence-electron chi connectivity index (χ1n) is 20.0. The number of halogens is 2. The SMILES string of the molecule is CCCCCC(=O)N[C@@H](CO[C@@H]1O[C@H](CO)[C@H](O)[C@H](OC(=O)c2ccc(F)cc2)[C@H]1OC(=O)c1ccc(F)cc1)C(=O)NCCCCCC(=O)NCCCCCCN. The van der Waals surface area contributed by atoms with Crippen LogP contribution in [0.1, 0.15) is 105 Å². The van der Waals surface area contributed by atoms with Gasteiger partial charge in [-0.05, 0) is 87.2 Å². The molecular weight excluding hydrogens is 762 g/mol. The number of aliphatic hydroxyl groups is 2. The highest BCUT2D eigenvalue weighted by molar-refractivity contribution is 5.90. The van der Waals surface area contributed by atoms with Gasteiger partial charge in [-0.15, -0.1) is 0 Å². The van der Waals surface area contributed by atoms with Crippen LogP contribution < -0.4 is 21.7 Å². The predicted octanol–water partition coefficient (Wildman–Crippen LogP) is 3.19. The van der Waals surface area contributed by atoms with Gasteiger partial charge in [0.25, 0.3) is 0 Å². The molecule has 15 nitrogen and oxygen atoms in total. The fraction of sp³-hybridized carbons (Fsp3) is 0.585. The van der Waals surface area contributed by atoms with E-state index in [1.807, 2.05) is 6.92 Å². The van der Waals surface area contributed by atoms with E-state index in [4.69, 9.17) is 24.7 Å². The molecule has 1 saturated heterocycles. The average Bonchev–Trinajstić information content (AvgIpc) is 3.21. The number of hydrogen-bond donors (Lipinski definition) is 6. The van der Waals surface area contributed by atoms with E-state index in [9.17, 15) is 43.0 Å². The molecule has 3 rings (SSSR count). The number of carbonyl (C=O) groups is 5. The summed E-state index contributed by atoms with van der Waals surface area (Å²) in [5, 5.41) is 29.6. The molecule has 0 saturated carbocycles. The molecule has 322 valence electrons. The lowest BCUT2D eigenvalue weighted by atomic mass is 9.98. The molecule has 17 heteroatoms. The monoisotopic (exact) mass is 820 g/mol. The van der Waals surface area contributed by atoms with Crippen LogP contribution in [-0.2, 0) is 33.3 Å². The van der Waals surface area contributed by atoms with Crippen LogP contribution in [0.25, 0.3) is 0 Å². The summed E-state index contributed by atoms with van der Waals surface area (Å²) in [7, 11) is 0. The summed E-state index contributed by atoms with van der Waals surface area (Å²) >= 11 is 0. The first kappa shape index (κ1) is 47.8. The highest BCUT2D eigenvalue weighted by atomic mass is 19.1. The second kappa shape index (κ2) is 26.5. The van der Waals surface area contributed by atoms with Crippen LogP contribution in [0.3, 0.4) is 0 Å². The zero-order valence-electron chi connectivity index (χ0n) is 33.0. The van der Waals surface area contributed by atoms with Crippen molar-refractivity contribution >= 4 is 29.7 Å². The van der Waals surface area contributed by atoms with Crippen LogP contribution in [0.4, 0.5) is 8.78 Å². The van der Waals surface area contributed by atoms with Gasteiger partial charge in [0, 0.05) is 25.9 Å².